The van der Waals surface area contributed by atoms with Gasteiger partial charge in [0.1, 0.15) is 10.7 Å². The highest BCUT2D eigenvalue weighted by molar-refractivity contribution is 7.99. The summed E-state index contributed by atoms with van der Waals surface area (Å²) in [6, 6.07) is 29.5. The molecule has 8 rings (SSSR count). The molecule has 3 unspecified atom stereocenters. The quantitative estimate of drug-likeness (QED) is 0.103. The zero-order valence-corrected chi connectivity index (χ0v) is 40.8. The fourth-order valence-electron chi connectivity index (χ4n) is 9.30. The van der Waals surface area contributed by atoms with Crippen LogP contribution in [0, 0.1) is 5.92 Å². The van der Waals surface area contributed by atoms with Crippen LogP contribution in [0.4, 0.5) is 18.9 Å². The lowest BCUT2D eigenvalue weighted by Crippen LogP contribution is -2.60. The first-order chi connectivity index (χ1) is 32.1. The third-order valence-electron chi connectivity index (χ3n) is 13.2. The van der Waals surface area contributed by atoms with Crippen LogP contribution in [0.5, 0.6) is 0 Å². The maximum Gasteiger partial charge on any atom is 0.501 e. The number of nitrogens with one attached hydrogen (secondary N) is 2. The van der Waals surface area contributed by atoms with Crippen LogP contribution in [0.15, 0.2) is 117 Å². The summed E-state index contributed by atoms with van der Waals surface area (Å²) in [6.45, 7) is 9.23. The van der Waals surface area contributed by atoms with Crippen LogP contribution in [-0.2, 0) is 31.1 Å². The second-order valence-corrected chi connectivity index (χ2v) is 22.8. The Hall–Kier alpha value is -3.92. The van der Waals surface area contributed by atoms with Gasteiger partial charge in [-0.25, -0.2) is 16.8 Å². The molecule has 0 bridgehead atoms. The molecular formula is C47H58ClF3N8O5S3. The molecule has 4 aliphatic heterocycles. The summed E-state index contributed by atoms with van der Waals surface area (Å²) >= 11 is 7.78. The molecule has 4 aromatic carbocycles. The number of rotatable bonds is 17. The highest BCUT2D eigenvalue weighted by Crippen LogP contribution is 2.37. The lowest BCUT2D eigenvalue weighted by molar-refractivity contribution is -0.0435. The molecule has 4 aliphatic rings. The number of ether oxygens (including phenoxy) is 1. The highest BCUT2D eigenvalue weighted by atomic mass is 35.5. The summed E-state index contributed by atoms with van der Waals surface area (Å²) in [6.07, 6.45) is 1.61. The monoisotopic (exact) mass is 1000 g/mol. The number of likely N-dealkylation sites (tertiary alicyclic amines) is 1. The van der Waals surface area contributed by atoms with E-state index in [1.807, 2.05) is 59.5 Å². The number of nitrogens with zero attached hydrogens (tertiary/aromatic N) is 6. The van der Waals surface area contributed by atoms with Gasteiger partial charge in [0.15, 0.2) is 6.29 Å². The molecule has 4 heterocycles. The molecule has 0 aliphatic carbocycles. The van der Waals surface area contributed by atoms with Gasteiger partial charge in [0.25, 0.3) is 9.84 Å². The Morgan fingerprint density at radius 2 is 1.64 bits per heavy atom. The van der Waals surface area contributed by atoms with Crippen LogP contribution in [0.25, 0.3) is 11.1 Å². The number of alkyl halides is 3. The van der Waals surface area contributed by atoms with Crippen LogP contribution >= 0.6 is 23.4 Å². The van der Waals surface area contributed by atoms with E-state index in [1.54, 1.807) is 18.8 Å². The number of hydrazone groups is 1. The molecule has 0 spiro atoms. The third kappa shape index (κ3) is 11.9. The standard InChI is InChI=1S/C47H58ClF3N8O5S3/c1-34-28-39(19-21-57(34)31-37-8-6-7-11-42(37)36-12-14-38(48)15-13-36)58-22-23-59-45(32-58)53-55(2)46(59)54-67(62,63)41-16-17-43(44(29-41)66(60,61)47(49,50)51)52-30-35(18-20-56-24-26-64-27-25-56)33-65-40-9-4-3-5-10-40/h3-17,29,34-35,39,46,52,54H,18-28,30-33H2,1-2H3/t34?,35-,39?,46?/m0/s1. The molecule has 3 saturated heterocycles. The summed E-state index contributed by atoms with van der Waals surface area (Å²) in [7, 11) is -8.91. The van der Waals surface area contributed by atoms with Crippen molar-refractivity contribution in [2.75, 3.05) is 83.7 Å². The van der Waals surface area contributed by atoms with Gasteiger partial charge in [-0.05, 0) is 97.8 Å². The minimum Gasteiger partial charge on any atom is -0.384 e. The maximum absolute atomic E-state index is 14.3. The van der Waals surface area contributed by atoms with Gasteiger partial charge in [0, 0.05) is 80.6 Å². The molecule has 67 heavy (non-hydrogen) atoms. The van der Waals surface area contributed by atoms with Crippen molar-refractivity contribution in [1.82, 2.24) is 29.3 Å². The van der Waals surface area contributed by atoms with E-state index < -0.39 is 41.4 Å². The van der Waals surface area contributed by atoms with Crippen molar-refractivity contribution in [3.8, 4) is 11.1 Å². The van der Waals surface area contributed by atoms with Crippen LogP contribution in [0.3, 0.4) is 0 Å². The molecule has 0 aromatic heterocycles. The zero-order valence-electron chi connectivity index (χ0n) is 37.6. The van der Waals surface area contributed by atoms with Gasteiger partial charge in [-0.15, -0.1) is 11.8 Å². The number of morpholine rings is 1. The molecule has 4 atom stereocenters. The van der Waals surface area contributed by atoms with Crippen molar-refractivity contribution in [2.24, 2.45) is 11.0 Å². The van der Waals surface area contributed by atoms with Crippen molar-refractivity contribution < 1.29 is 34.7 Å². The van der Waals surface area contributed by atoms with Gasteiger partial charge in [0.2, 0.25) is 10.0 Å². The Labute approximate surface area is 401 Å². The number of halogens is 4. The molecular weight excluding hydrogens is 945 g/mol. The molecule has 20 heteroatoms. The highest BCUT2D eigenvalue weighted by Gasteiger charge is 2.49. The number of thioether (sulfide) groups is 1. The fourth-order valence-corrected chi connectivity index (χ4v) is 12.7. The zero-order chi connectivity index (χ0) is 47.3. The second kappa shape index (κ2) is 21.4. The number of benzene rings is 4. The van der Waals surface area contributed by atoms with Gasteiger partial charge in [-0.3, -0.25) is 19.7 Å². The smallest absolute Gasteiger partial charge is 0.384 e. The lowest BCUT2D eigenvalue weighted by Gasteiger charge is -2.45. The summed E-state index contributed by atoms with van der Waals surface area (Å²) in [5.74, 6) is 1.21. The Kier molecular flexibility index (Phi) is 15.8. The first-order valence-electron chi connectivity index (χ1n) is 22.6. The van der Waals surface area contributed by atoms with Gasteiger partial charge >= 0.3 is 5.51 Å². The first kappa shape index (κ1) is 49.5. The number of hydrogen-bond donors (Lipinski definition) is 2. The largest absolute Gasteiger partial charge is 0.501 e. The second-order valence-electron chi connectivity index (χ2n) is 17.6. The number of sulfone groups is 1. The number of hydrogen-bond acceptors (Lipinski definition) is 13. The number of fused-ring (bicyclic) bond motifs is 1. The van der Waals surface area contributed by atoms with E-state index in [1.165, 1.54) is 16.1 Å². The van der Waals surface area contributed by atoms with Gasteiger partial charge in [-0.1, -0.05) is 66.2 Å². The van der Waals surface area contributed by atoms with Crippen LogP contribution in [-0.4, -0.2) is 150 Å². The normalized spacial score (nSPS) is 21.8. The minimum absolute atomic E-state index is 0.0715. The summed E-state index contributed by atoms with van der Waals surface area (Å²) < 4.78 is 105. The van der Waals surface area contributed by atoms with Crippen molar-refractivity contribution >= 4 is 54.7 Å². The van der Waals surface area contributed by atoms with E-state index in [4.69, 9.17) is 21.4 Å². The number of anilines is 1. The fraction of sp³-hybridized carbons (Fsp3) is 0.468. The van der Waals surface area contributed by atoms with Crippen molar-refractivity contribution in [3.05, 3.63) is 108 Å². The van der Waals surface area contributed by atoms with Crippen LogP contribution in [0.2, 0.25) is 5.02 Å². The van der Waals surface area contributed by atoms with Gasteiger partial charge < -0.3 is 15.0 Å². The van der Waals surface area contributed by atoms with Gasteiger partial charge in [0.05, 0.1) is 30.3 Å². The SMILES string of the molecule is CC1CC(N2CCN3C(=NN(C)C3NS(=O)(=O)c3ccc(NC[C@H](CCN4CCOCC4)CSc4ccccc4)c(S(=O)(=O)C(F)(F)F)c3)C2)CCN1Cc1ccccc1-c1ccc(Cl)cc1. The van der Waals surface area contributed by atoms with E-state index in [0.29, 0.717) is 68.0 Å². The van der Waals surface area contributed by atoms with Crippen LogP contribution < -0.4 is 10.0 Å². The predicted molar refractivity (Wildman–Crippen MR) is 258 cm³/mol. The average molecular weight is 1000 g/mol. The van der Waals surface area contributed by atoms with E-state index in [9.17, 15) is 30.0 Å². The van der Waals surface area contributed by atoms with E-state index in [2.05, 4.69) is 55.9 Å². The molecule has 362 valence electrons. The summed E-state index contributed by atoms with van der Waals surface area (Å²) in [4.78, 5) is 8.28. The summed E-state index contributed by atoms with van der Waals surface area (Å²) in [5.41, 5.74) is -2.44. The Morgan fingerprint density at radius 3 is 2.37 bits per heavy atom. The number of sulfonamides is 1. The van der Waals surface area contributed by atoms with Crippen molar-refractivity contribution in [2.45, 2.75) is 71.3 Å². The Balaban J connectivity index is 0.913. The number of amidine groups is 1. The molecule has 0 radical (unpaired) electrons. The topological polar surface area (TPSA) is 130 Å². The Morgan fingerprint density at radius 1 is 0.910 bits per heavy atom. The first-order valence-corrected chi connectivity index (χ1v) is 27.0. The molecule has 4 aromatic rings. The predicted octanol–water partition coefficient (Wildman–Crippen LogP) is 7.33. The number of piperazine rings is 1. The number of piperidine rings is 1. The van der Waals surface area contributed by atoms with Crippen molar-refractivity contribution in [3.63, 3.8) is 0 Å². The van der Waals surface area contributed by atoms with E-state index in [-0.39, 0.29) is 24.2 Å². The molecule has 2 N–H and O–H groups in total. The molecule has 0 saturated carbocycles. The average Bonchev–Trinajstić information content (AvgIpc) is 3.62. The minimum atomic E-state index is -5.97. The van der Waals surface area contributed by atoms with Crippen LogP contribution in [0.1, 0.15) is 31.7 Å². The molecule has 3 fully saturated rings. The van der Waals surface area contributed by atoms with Crippen molar-refractivity contribution in [1.29, 1.82) is 0 Å². The molecule has 0 amide bonds. The van der Waals surface area contributed by atoms with E-state index in [0.717, 1.165) is 68.2 Å². The third-order valence-corrected chi connectivity index (χ3v) is 17.6. The van der Waals surface area contributed by atoms with Gasteiger partial charge in [-0.2, -0.15) is 23.0 Å². The Bertz CT molecular complexity index is 2570. The summed E-state index contributed by atoms with van der Waals surface area (Å²) in [5, 5.41) is 9.84. The molecule has 13 nitrogen and oxygen atoms in total. The maximum atomic E-state index is 14.3. The lowest BCUT2D eigenvalue weighted by atomic mass is 9.94. The van der Waals surface area contributed by atoms with E-state index >= 15 is 0 Å².